The summed E-state index contributed by atoms with van der Waals surface area (Å²) in [5.41, 5.74) is -0.990. The fraction of sp³-hybridized carbons (Fsp3) is 0.562. The number of carbonyl (C=O) groups is 2. The van der Waals surface area contributed by atoms with Gasteiger partial charge in [-0.2, -0.15) is 0 Å². The molecule has 1 aromatic rings. The average molecular weight is 335 g/mol. The van der Waals surface area contributed by atoms with E-state index in [-0.39, 0.29) is 29.4 Å². The van der Waals surface area contributed by atoms with Crippen molar-refractivity contribution in [2.24, 2.45) is 0 Å². The maximum Gasteiger partial charge on any atom is 0.276 e. The first-order valence-corrected chi connectivity index (χ1v) is 7.96. The molecule has 0 aliphatic carbocycles. The van der Waals surface area contributed by atoms with E-state index < -0.39 is 11.2 Å². The summed E-state index contributed by atoms with van der Waals surface area (Å²) in [4.78, 5) is 39.8. The molecule has 2 atom stereocenters. The van der Waals surface area contributed by atoms with E-state index in [0.29, 0.717) is 26.0 Å². The first-order chi connectivity index (χ1) is 11.5. The number of methoxy groups -OCH3 is 1. The number of aromatic nitrogens is 1. The van der Waals surface area contributed by atoms with Gasteiger partial charge < -0.3 is 19.3 Å². The molecule has 3 rings (SSSR count). The zero-order valence-electron chi connectivity index (χ0n) is 13.8. The van der Waals surface area contributed by atoms with Crippen molar-refractivity contribution in [2.45, 2.75) is 32.1 Å². The highest BCUT2D eigenvalue weighted by Crippen LogP contribution is 2.30. The molecular formula is C16H21N3O5. The van der Waals surface area contributed by atoms with Crippen molar-refractivity contribution < 1.29 is 19.4 Å². The lowest BCUT2D eigenvalue weighted by Crippen LogP contribution is -2.64. The van der Waals surface area contributed by atoms with Gasteiger partial charge in [0.2, 0.25) is 5.43 Å². The summed E-state index contributed by atoms with van der Waals surface area (Å²) >= 11 is 0. The minimum absolute atomic E-state index is 0.00953. The lowest BCUT2D eigenvalue weighted by molar-refractivity contribution is -0.0396. The largest absolute Gasteiger partial charge is 0.503 e. The highest BCUT2D eigenvalue weighted by molar-refractivity contribution is 5.97. The Labute approximate surface area is 139 Å². The third-order valence-corrected chi connectivity index (χ3v) is 4.84. The number of fused-ring (bicyclic) bond motifs is 2. The number of amides is 1. The Morgan fingerprint density at radius 3 is 2.83 bits per heavy atom. The minimum Gasteiger partial charge on any atom is -0.503 e. The Bertz CT molecular complexity index is 727. The van der Waals surface area contributed by atoms with Crippen LogP contribution in [-0.4, -0.2) is 70.7 Å². The average Bonchev–Trinajstić information content (AvgIpc) is 2.57. The Balaban J connectivity index is 2.06. The fourth-order valence-electron chi connectivity index (χ4n) is 3.54. The lowest BCUT2D eigenvalue weighted by atomic mass is 10.0. The number of rotatable bonds is 4. The van der Waals surface area contributed by atoms with Gasteiger partial charge in [0, 0.05) is 32.4 Å². The van der Waals surface area contributed by atoms with Crippen LogP contribution in [0.2, 0.25) is 0 Å². The van der Waals surface area contributed by atoms with Crippen LogP contribution in [0.1, 0.15) is 34.2 Å². The highest BCUT2D eigenvalue weighted by atomic mass is 16.5. The summed E-state index contributed by atoms with van der Waals surface area (Å²) in [5.74, 6) is -1.03. The highest BCUT2D eigenvalue weighted by Gasteiger charge is 2.42. The van der Waals surface area contributed by atoms with Gasteiger partial charge in [0.05, 0.1) is 18.7 Å². The first kappa shape index (κ1) is 16.7. The van der Waals surface area contributed by atoms with Crippen molar-refractivity contribution >= 4 is 12.2 Å². The minimum atomic E-state index is -0.802. The summed E-state index contributed by atoms with van der Waals surface area (Å²) in [6, 6.07) is 0.00953. The Morgan fingerprint density at radius 1 is 1.42 bits per heavy atom. The number of carbonyl (C=O) groups excluding carboxylic acids is 2. The first-order valence-electron chi connectivity index (χ1n) is 7.96. The molecule has 2 aliphatic heterocycles. The van der Waals surface area contributed by atoms with Gasteiger partial charge in [0.1, 0.15) is 6.17 Å². The van der Waals surface area contributed by atoms with Gasteiger partial charge in [0.15, 0.2) is 17.7 Å². The second-order valence-electron chi connectivity index (χ2n) is 6.24. The van der Waals surface area contributed by atoms with E-state index in [2.05, 4.69) is 4.90 Å². The van der Waals surface area contributed by atoms with E-state index in [4.69, 9.17) is 4.74 Å². The van der Waals surface area contributed by atoms with Gasteiger partial charge in [-0.3, -0.25) is 19.3 Å². The summed E-state index contributed by atoms with van der Waals surface area (Å²) in [6.07, 6.45) is 2.38. The zero-order valence-corrected chi connectivity index (χ0v) is 13.8. The van der Waals surface area contributed by atoms with Crippen LogP contribution in [0, 0.1) is 0 Å². The number of hydrogen-bond acceptors (Lipinski definition) is 6. The number of ether oxygens (including phenoxy) is 1. The SMILES string of the molecule is COCCN1CCC(C)N2C(=O)c3c(O)c(=O)c(C=O)cn3CC12. The molecule has 1 aromatic heterocycles. The van der Waals surface area contributed by atoms with Gasteiger partial charge in [-0.15, -0.1) is 0 Å². The number of aromatic hydroxyl groups is 1. The molecule has 24 heavy (non-hydrogen) atoms. The number of nitrogens with zero attached hydrogens (tertiary/aromatic N) is 3. The molecule has 1 amide bonds. The Morgan fingerprint density at radius 2 is 2.17 bits per heavy atom. The molecule has 1 fully saturated rings. The molecule has 0 aromatic carbocycles. The fourth-order valence-corrected chi connectivity index (χ4v) is 3.54. The topological polar surface area (TPSA) is 92.1 Å². The van der Waals surface area contributed by atoms with E-state index in [0.717, 1.165) is 13.0 Å². The van der Waals surface area contributed by atoms with Crippen LogP contribution in [0.25, 0.3) is 0 Å². The summed E-state index contributed by atoms with van der Waals surface area (Å²) < 4.78 is 6.65. The second kappa shape index (κ2) is 6.37. The van der Waals surface area contributed by atoms with Gasteiger partial charge >= 0.3 is 0 Å². The standard InChI is InChI=1S/C16H21N3O5/c1-10-3-4-17(5-6-24-2)12-8-18-7-11(9-20)14(21)15(22)13(18)16(23)19(10)12/h7,9-10,12,22H,3-6,8H2,1-2H3. The van der Waals surface area contributed by atoms with Crippen molar-refractivity contribution in [1.82, 2.24) is 14.4 Å². The predicted molar refractivity (Wildman–Crippen MR) is 85.2 cm³/mol. The van der Waals surface area contributed by atoms with Crippen molar-refractivity contribution in [3.63, 3.8) is 0 Å². The van der Waals surface area contributed by atoms with Crippen LogP contribution in [-0.2, 0) is 11.3 Å². The summed E-state index contributed by atoms with van der Waals surface area (Å²) in [7, 11) is 1.63. The number of pyridine rings is 1. The molecule has 8 heteroatoms. The van der Waals surface area contributed by atoms with E-state index in [1.807, 2.05) is 6.92 Å². The van der Waals surface area contributed by atoms with Crippen molar-refractivity contribution in [2.75, 3.05) is 26.8 Å². The van der Waals surface area contributed by atoms with E-state index >= 15 is 0 Å². The molecular weight excluding hydrogens is 314 g/mol. The molecule has 0 saturated carbocycles. The van der Waals surface area contributed by atoms with Gasteiger partial charge in [-0.1, -0.05) is 0 Å². The molecule has 1 saturated heterocycles. The molecule has 3 heterocycles. The van der Waals surface area contributed by atoms with E-state index in [1.54, 1.807) is 12.0 Å². The molecule has 2 unspecified atom stereocenters. The molecule has 1 N–H and O–H groups in total. The van der Waals surface area contributed by atoms with Crippen LogP contribution in [0.4, 0.5) is 0 Å². The third kappa shape index (κ3) is 2.51. The van der Waals surface area contributed by atoms with Crippen LogP contribution in [0.5, 0.6) is 5.75 Å². The predicted octanol–water partition coefficient (Wildman–Crippen LogP) is -0.111. The van der Waals surface area contributed by atoms with Gasteiger partial charge in [0.25, 0.3) is 5.91 Å². The van der Waals surface area contributed by atoms with E-state index in [9.17, 15) is 19.5 Å². The normalized spacial score (nSPS) is 23.8. The lowest BCUT2D eigenvalue weighted by Gasteiger charge is -2.50. The monoisotopic (exact) mass is 335 g/mol. The van der Waals surface area contributed by atoms with Crippen LogP contribution < -0.4 is 5.43 Å². The van der Waals surface area contributed by atoms with Crippen LogP contribution >= 0.6 is 0 Å². The van der Waals surface area contributed by atoms with Crippen LogP contribution in [0.3, 0.4) is 0 Å². The maximum absolute atomic E-state index is 12.9. The molecule has 2 aliphatic rings. The van der Waals surface area contributed by atoms with Crippen molar-refractivity contribution in [3.05, 3.63) is 27.7 Å². The number of aldehydes is 1. The molecule has 0 bridgehead atoms. The van der Waals surface area contributed by atoms with Gasteiger partial charge in [-0.05, 0) is 13.3 Å². The smallest absolute Gasteiger partial charge is 0.276 e. The van der Waals surface area contributed by atoms with Crippen LogP contribution in [0.15, 0.2) is 11.0 Å². The molecule has 8 nitrogen and oxygen atoms in total. The molecule has 130 valence electrons. The van der Waals surface area contributed by atoms with Gasteiger partial charge in [-0.25, -0.2) is 0 Å². The number of hydrogen-bond donors (Lipinski definition) is 1. The quantitative estimate of drug-likeness (QED) is 0.772. The van der Waals surface area contributed by atoms with Crippen molar-refractivity contribution in [3.8, 4) is 5.75 Å². The maximum atomic E-state index is 12.9. The second-order valence-corrected chi connectivity index (χ2v) is 6.24. The summed E-state index contributed by atoms with van der Waals surface area (Å²) in [5, 5.41) is 10.1. The van der Waals surface area contributed by atoms with E-state index in [1.165, 1.54) is 10.8 Å². The zero-order chi connectivity index (χ0) is 17.4. The molecule has 0 radical (unpaired) electrons. The third-order valence-electron chi connectivity index (χ3n) is 4.84. The summed E-state index contributed by atoms with van der Waals surface area (Å²) in [6.45, 7) is 4.42. The molecule has 0 spiro atoms. The van der Waals surface area contributed by atoms with Crippen molar-refractivity contribution in [1.29, 1.82) is 0 Å². The Hall–Kier alpha value is -2.19. The Kier molecular flexibility index (Phi) is 4.42.